The van der Waals surface area contributed by atoms with Crippen LogP contribution in [0.2, 0.25) is 5.02 Å². The zero-order chi connectivity index (χ0) is 16.2. The van der Waals surface area contributed by atoms with Crippen molar-refractivity contribution in [2.24, 2.45) is 0 Å². The van der Waals surface area contributed by atoms with E-state index in [1.165, 1.54) is 18.2 Å². The summed E-state index contributed by atoms with van der Waals surface area (Å²) in [5, 5.41) is 3.37. The maximum Gasteiger partial charge on any atom is 0.244 e. The summed E-state index contributed by atoms with van der Waals surface area (Å²) in [5.74, 6) is -0.553. The molecule has 0 radical (unpaired) electrons. The molecule has 1 aromatic carbocycles. The summed E-state index contributed by atoms with van der Waals surface area (Å²) >= 11 is 5.91. The number of rotatable bonds is 4. The van der Waals surface area contributed by atoms with Crippen molar-refractivity contribution in [3.63, 3.8) is 0 Å². The Morgan fingerprint density at radius 1 is 1.22 bits per heavy atom. The van der Waals surface area contributed by atoms with Crippen LogP contribution in [-0.4, -0.2) is 15.3 Å². The van der Waals surface area contributed by atoms with Gasteiger partial charge in [0.2, 0.25) is 5.91 Å². The van der Waals surface area contributed by atoms with Gasteiger partial charge in [0.15, 0.2) is 0 Å². The van der Waals surface area contributed by atoms with E-state index in [1.54, 1.807) is 34.9 Å². The normalized spacial score (nSPS) is 11.2. The minimum atomic E-state index is -0.307. The van der Waals surface area contributed by atoms with Gasteiger partial charge < -0.3 is 9.72 Å². The van der Waals surface area contributed by atoms with E-state index in [9.17, 15) is 9.18 Å². The largest absolute Gasteiger partial charge is 0.347 e. The molecule has 2 heterocycles. The first-order chi connectivity index (χ1) is 11.1. The van der Waals surface area contributed by atoms with Gasteiger partial charge in [-0.2, -0.15) is 0 Å². The fraction of sp³-hybridized carbons (Fsp3) is 0.0588. The fourth-order valence-corrected chi connectivity index (χ4v) is 2.25. The number of carbonyl (C=O) groups is 1. The number of aromatic nitrogens is 2. The molecule has 116 valence electrons. The smallest absolute Gasteiger partial charge is 0.244 e. The van der Waals surface area contributed by atoms with Crippen LogP contribution in [0, 0.1) is 5.82 Å². The van der Waals surface area contributed by atoms with Gasteiger partial charge in [-0.1, -0.05) is 23.7 Å². The molecular weight excluding hydrogens is 317 g/mol. The Balaban J connectivity index is 1.60. The fourth-order valence-electron chi connectivity index (χ4n) is 2.08. The summed E-state index contributed by atoms with van der Waals surface area (Å²) in [6.07, 6.45) is 6.59. The summed E-state index contributed by atoms with van der Waals surface area (Å²) in [5.41, 5.74) is 2.25. The van der Waals surface area contributed by atoms with Gasteiger partial charge in [0.25, 0.3) is 0 Å². The van der Waals surface area contributed by atoms with E-state index in [1.807, 2.05) is 12.3 Å². The lowest BCUT2D eigenvalue weighted by Gasteiger charge is -1.98. The van der Waals surface area contributed by atoms with Gasteiger partial charge in [0.1, 0.15) is 11.5 Å². The van der Waals surface area contributed by atoms with E-state index in [4.69, 9.17) is 11.6 Å². The topological polar surface area (TPSA) is 46.4 Å². The van der Waals surface area contributed by atoms with Crippen LogP contribution in [0.15, 0.2) is 54.9 Å². The molecule has 3 aromatic rings. The van der Waals surface area contributed by atoms with Crippen molar-refractivity contribution in [1.82, 2.24) is 14.7 Å². The molecule has 2 aromatic heterocycles. The third-order valence-electron chi connectivity index (χ3n) is 3.21. The number of amides is 1. The number of imidazole rings is 1. The number of nitrogens with zero attached hydrogens (tertiary/aromatic N) is 2. The predicted molar refractivity (Wildman–Crippen MR) is 87.5 cm³/mol. The maximum absolute atomic E-state index is 12.8. The van der Waals surface area contributed by atoms with Crippen molar-refractivity contribution >= 4 is 29.2 Å². The highest BCUT2D eigenvalue weighted by molar-refractivity contribution is 6.30. The first kappa shape index (κ1) is 15.2. The van der Waals surface area contributed by atoms with Crippen molar-refractivity contribution in [3.05, 3.63) is 77.0 Å². The maximum atomic E-state index is 12.8. The molecule has 1 N–H and O–H groups in total. The zero-order valence-corrected chi connectivity index (χ0v) is 12.8. The molecule has 0 saturated heterocycles. The number of fused-ring (bicyclic) bond motifs is 1. The molecule has 0 aliphatic heterocycles. The lowest BCUT2D eigenvalue weighted by molar-refractivity contribution is -0.116. The van der Waals surface area contributed by atoms with Crippen LogP contribution >= 0.6 is 11.6 Å². The molecule has 1 amide bonds. The molecule has 0 fully saturated rings. The standard InChI is InChI=1S/C17H13ClFN3O/c18-13-4-7-16-21-15(11-22(16)10-13)9-20-17(23)8-3-12-1-5-14(19)6-2-12/h1-8,10-11H,9H2,(H,20,23)/b8-3+. The molecule has 0 aliphatic carbocycles. The average molecular weight is 330 g/mol. The number of benzene rings is 1. The van der Waals surface area contributed by atoms with Crippen molar-refractivity contribution in [1.29, 1.82) is 0 Å². The van der Waals surface area contributed by atoms with Crippen LogP contribution in [-0.2, 0) is 11.3 Å². The number of pyridine rings is 1. The highest BCUT2D eigenvalue weighted by Gasteiger charge is 2.03. The zero-order valence-electron chi connectivity index (χ0n) is 12.0. The Morgan fingerprint density at radius 3 is 2.78 bits per heavy atom. The summed E-state index contributed by atoms with van der Waals surface area (Å²) in [6, 6.07) is 9.47. The van der Waals surface area contributed by atoms with E-state index >= 15 is 0 Å². The molecule has 0 unspecified atom stereocenters. The summed E-state index contributed by atoms with van der Waals surface area (Å²) < 4.78 is 14.6. The van der Waals surface area contributed by atoms with E-state index in [0.29, 0.717) is 11.6 Å². The van der Waals surface area contributed by atoms with Gasteiger partial charge in [-0.15, -0.1) is 0 Å². The number of carbonyl (C=O) groups excluding carboxylic acids is 1. The minimum Gasteiger partial charge on any atom is -0.347 e. The van der Waals surface area contributed by atoms with Crippen LogP contribution in [0.5, 0.6) is 0 Å². The Kier molecular flexibility index (Phi) is 4.39. The monoisotopic (exact) mass is 329 g/mol. The van der Waals surface area contributed by atoms with Crippen LogP contribution in [0.1, 0.15) is 11.3 Å². The van der Waals surface area contributed by atoms with Gasteiger partial charge in [-0.3, -0.25) is 4.79 Å². The molecule has 0 saturated carbocycles. The van der Waals surface area contributed by atoms with Crippen molar-refractivity contribution < 1.29 is 9.18 Å². The van der Waals surface area contributed by atoms with Gasteiger partial charge in [0.05, 0.1) is 17.3 Å². The quantitative estimate of drug-likeness (QED) is 0.745. The average Bonchev–Trinajstić information content (AvgIpc) is 2.94. The second-order valence-electron chi connectivity index (χ2n) is 4.95. The van der Waals surface area contributed by atoms with E-state index in [-0.39, 0.29) is 11.7 Å². The SMILES string of the molecule is O=C(/C=C/c1ccc(F)cc1)NCc1cn2cc(Cl)ccc2n1. The molecule has 0 atom stereocenters. The van der Waals surface area contributed by atoms with Crippen molar-refractivity contribution in [2.45, 2.75) is 6.54 Å². The van der Waals surface area contributed by atoms with E-state index < -0.39 is 0 Å². The van der Waals surface area contributed by atoms with E-state index in [2.05, 4.69) is 10.3 Å². The summed E-state index contributed by atoms with van der Waals surface area (Å²) in [6.45, 7) is 0.311. The molecule has 3 rings (SSSR count). The lowest BCUT2D eigenvalue weighted by Crippen LogP contribution is -2.20. The Bertz CT molecular complexity index is 871. The molecule has 6 heteroatoms. The van der Waals surface area contributed by atoms with Gasteiger partial charge in [0, 0.05) is 18.5 Å². The first-order valence-corrected chi connectivity index (χ1v) is 7.32. The highest BCUT2D eigenvalue weighted by Crippen LogP contribution is 2.11. The van der Waals surface area contributed by atoms with Crippen LogP contribution in [0.25, 0.3) is 11.7 Å². The van der Waals surface area contributed by atoms with Crippen molar-refractivity contribution in [2.75, 3.05) is 0 Å². The lowest BCUT2D eigenvalue weighted by atomic mass is 10.2. The minimum absolute atomic E-state index is 0.246. The Labute approximate surface area is 137 Å². The molecule has 0 aliphatic rings. The Hall–Kier alpha value is -2.66. The number of nitrogens with one attached hydrogen (secondary N) is 1. The van der Waals surface area contributed by atoms with Crippen LogP contribution < -0.4 is 5.32 Å². The number of hydrogen-bond acceptors (Lipinski definition) is 2. The molecule has 23 heavy (non-hydrogen) atoms. The molecule has 0 spiro atoms. The predicted octanol–water partition coefficient (Wildman–Crippen LogP) is 3.46. The van der Waals surface area contributed by atoms with E-state index in [0.717, 1.165) is 16.9 Å². The number of hydrogen-bond donors (Lipinski definition) is 1. The summed E-state index contributed by atoms with van der Waals surface area (Å²) in [7, 11) is 0. The first-order valence-electron chi connectivity index (χ1n) is 6.95. The van der Waals surface area contributed by atoms with Gasteiger partial charge >= 0.3 is 0 Å². The van der Waals surface area contributed by atoms with Crippen molar-refractivity contribution in [3.8, 4) is 0 Å². The highest BCUT2D eigenvalue weighted by atomic mass is 35.5. The molecule has 0 bridgehead atoms. The van der Waals surface area contributed by atoms with Crippen LogP contribution in [0.3, 0.4) is 0 Å². The molecular formula is C17H13ClFN3O. The van der Waals surface area contributed by atoms with Gasteiger partial charge in [-0.25, -0.2) is 9.37 Å². The second kappa shape index (κ2) is 6.62. The van der Waals surface area contributed by atoms with Gasteiger partial charge in [-0.05, 0) is 35.9 Å². The second-order valence-corrected chi connectivity index (χ2v) is 5.38. The molecule has 4 nitrogen and oxygen atoms in total. The Morgan fingerprint density at radius 2 is 2.00 bits per heavy atom. The third kappa shape index (κ3) is 3.96. The summed E-state index contributed by atoms with van der Waals surface area (Å²) in [4.78, 5) is 16.2. The number of halogens is 2. The third-order valence-corrected chi connectivity index (χ3v) is 3.43. The van der Waals surface area contributed by atoms with Crippen LogP contribution in [0.4, 0.5) is 4.39 Å².